The van der Waals surface area contributed by atoms with E-state index in [-0.39, 0.29) is 6.54 Å². The summed E-state index contributed by atoms with van der Waals surface area (Å²) in [5.41, 5.74) is 8.72. The molecular weight excluding hydrogens is 464 g/mol. The molecule has 0 amide bonds. The lowest BCUT2D eigenvalue weighted by molar-refractivity contribution is 0.0706. The van der Waals surface area contributed by atoms with Crippen LogP contribution in [0.1, 0.15) is 31.9 Å². The van der Waals surface area contributed by atoms with E-state index in [0.29, 0.717) is 11.3 Å². The summed E-state index contributed by atoms with van der Waals surface area (Å²) >= 11 is 2.79. The molecule has 5 aromatic rings. The van der Waals surface area contributed by atoms with E-state index < -0.39 is 11.2 Å². The van der Waals surface area contributed by atoms with E-state index in [0.717, 1.165) is 42.7 Å². The van der Waals surface area contributed by atoms with Gasteiger partial charge < -0.3 is 21.3 Å². The molecule has 0 spiro atoms. The van der Waals surface area contributed by atoms with Crippen LogP contribution in [0.5, 0.6) is 0 Å². The lowest BCUT2D eigenvalue weighted by Gasteiger charge is -2.29. The molecule has 0 aliphatic carbocycles. The van der Waals surface area contributed by atoms with Crippen molar-refractivity contribution in [3.63, 3.8) is 0 Å². The smallest absolute Gasteiger partial charge is 0.106 e. The number of aromatic nitrogens is 2. The van der Waals surface area contributed by atoms with E-state index in [1.54, 1.807) is 27.0 Å². The molecule has 5 N–H and O–H groups in total. The van der Waals surface area contributed by atoms with Crippen LogP contribution in [0.4, 0.5) is 11.4 Å². The summed E-state index contributed by atoms with van der Waals surface area (Å²) in [6.45, 7) is 5.45. The van der Waals surface area contributed by atoms with Crippen LogP contribution < -0.4 is 11.1 Å². The molecule has 0 radical (unpaired) electrons. The first-order valence-electron chi connectivity index (χ1n) is 11.0. The third-order valence-electron chi connectivity index (χ3n) is 6.04. The maximum absolute atomic E-state index is 11.4. The number of nitrogens with two attached hydrogens (primary N) is 1. The SMILES string of the molecule is CC(C)(O)c1cc2sncc2cc1NCC(C)(O)c1cc2snc(-c3ccccc3)c2cc1N. The quantitative estimate of drug-likeness (QED) is 0.228. The molecule has 174 valence electrons. The summed E-state index contributed by atoms with van der Waals surface area (Å²) in [6, 6.07) is 17.7. The predicted octanol–water partition coefficient (Wildman–Crippen LogP) is 5.70. The van der Waals surface area contributed by atoms with Crippen molar-refractivity contribution in [1.29, 1.82) is 0 Å². The van der Waals surface area contributed by atoms with Crippen LogP contribution in [0.15, 0.2) is 60.8 Å². The van der Waals surface area contributed by atoms with Crippen molar-refractivity contribution in [3.8, 4) is 11.3 Å². The molecule has 0 aliphatic heterocycles. The molecule has 8 heteroatoms. The van der Waals surface area contributed by atoms with Crippen molar-refractivity contribution in [2.45, 2.75) is 32.0 Å². The number of aliphatic hydroxyl groups is 2. The van der Waals surface area contributed by atoms with Crippen molar-refractivity contribution in [2.24, 2.45) is 0 Å². The summed E-state index contributed by atoms with van der Waals surface area (Å²) in [6.07, 6.45) is 1.80. The molecule has 0 saturated carbocycles. The Bertz CT molecular complexity index is 1480. The first-order chi connectivity index (χ1) is 16.1. The van der Waals surface area contributed by atoms with Crippen molar-refractivity contribution < 1.29 is 10.2 Å². The standard InChI is InChI=1S/C26H26N4O2S2/c1-25(2,31)19-12-22-16(13-29-33-22)9-21(19)28-14-26(3,32)18-11-23-17(10-20(18)27)24(30-34-23)15-7-5-4-6-8-15/h4-13,28,31-32H,14,27H2,1-3H3. The Labute approximate surface area is 206 Å². The van der Waals surface area contributed by atoms with Gasteiger partial charge in [0, 0.05) is 51.6 Å². The monoisotopic (exact) mass is 490 g/mol. The van der Waals surface area contributed by atoms with E-state index in [1.807, 2.05) is 54.6 Å². The molecule has 2 heterocycles. The van der Waals surface area contributed by atoms with Crippen molar-refractivity contribution in [1.82, 2.24) is 8.75 Å². The molecular formula is C26H26N4O2S2. The summed E-state index contributed by atoms with van der Waals surface area (Å²) in [7, 11) is 0. The van der Waals surface area contributed by atoms with Crippen molar-refractivity contribution in [3.05, 3.63) is 71.9 Å². The highest BCUT2D eigenvalue weighted by molar-refractivity contribution is 7.13. The second-order valence-electron chi connectivity index (χ2n) is 9.28. The zero-order valence-electron chi connectivity index (χ0n) is 19.2. The van der Waals surface area contributed by atoms with Crippen LogP contribution in [0, 0.1) is 0 Å². The number of nitrogens with one attached hydrogen (secondary N) is 1. The van der Waals surface area contributed by atoms with Crippen LogP contribution >= 0.6 is 23.1 Å². The number of nitrogens with zero attached hydrogens (tertiary/aromatic N) is 2. The predicted molar refractivity (Wildman–Crippen MR) is 142 cm³/mol. The normalized spacial score (nSPS) is 13.9. The molecule has 2 aromatic heterocycles. The van der Waals surface area contributed by atoms with E-state index in [9.17, 15) is 10.2 Å². The second-order valence-corrected chi connectivity index (χ2v) is 10.9. The molecule has 0 saturated heterocycles. The Kier molecular flexibility index (Phi) is 5.56. The van der Waals surface area contributed by atoms with Crippen LogP contribution in [0.25, 0.3) is 31.4 Å². The summed E-state index contributed by atoms with van der Waals surface area (Å²) in [5.74, 6) is 0. The van der Waals surface area contributed by atoms with Gasteiger partial charge in [-0.25, -0.2) is 0 Å². The molecule has 34 heavy (non-hydrogen) atoms. The molecule has 3 aromatic carbocycles. The van der Waals surface area contributed by atoms with Gasteiger partial charge in [0.1, 0.15) is 5.60 Å². The van der Waals surface area contributed by atoms with Gasteiger partial charge in [0.2, 0.25) is 0 Å². The Balaban J connectivity index is 1.48. The van der Waals surface area contributed by atoms with Gasteiger partial charge in [-0.2, -0.15) is 8.75 Å². The zero-order chi connectivity index (χ0) is 24.1. The average Bonchev–Trinajstić information content (AvgIpc) is 3.42. The van der Waals surface area contributed by atoms with Gasteiger partial charge >= 0.3 is 0 Å². The minimum atomic E-state index is -1.26. The fourth-order valence-electron chi connectivity index (χ4n) is 4.20. The Morgan fingerprint density at radius 1 is 0.941 bits per heavy atom. The number of rotatable bonds is 6. The topological polar surface area (TPSA) is 104 Å². The van der Waals surface area contributed by atoms with Crippen molar-refractivity contribution in [2.75, 3.05) is 17.6 Å². The Morgan fingerprint density at radius 3 is 2.41 bits per heavy atom. The summed E-state index contributed by atoms with van der Waals surface area (Å²) < 4.78 is 10.9. The number of nitrogen functional groups attached to an aromatic ring is 1. The fraction of sp³-hybridized carbons (Fsp3) is 0.231. The van der Waals surface area contributed by atoms with Crippen LogP contribution in [-0.2, 0) is 11.2 Å². The van der Waals surface area contributed by atoms with E-state index in [4.69, 9.17) is 5.73 Å². The number of benzene rings is 3. The highest BCUT2D eigenvalue weighted by Gasteiger charge is 2.29. The Morgan fingerprint density at radius 2 is 1.68 bits per heavy atom. The lowest BCUT2D eigenvalue weighted by atomic mass is 9.91. The van der Waals surface area contributed by atoms with Gasteiger partial charge in [-0.1, -0.05) is 30.3 Å². The summed E-state index contributed by atoms with van der Waals surface area (Å²) in [5, 5.41) is 27.5. The molecule has 6 nitrogen and oxygen atoms in total. The van der Waals surface area contributed by atoms with Crippen LogP contribution in [-0.4, -0.2) is 25.5 Å². The highest BCUT2D eigenvalue weighted by atomic mass is 32.1. The molecule has 0 bridgehead atoms. The second kappa shape index (κ2) is 8.32. The van der Waals surface area contributed by atoms with Crippen molar-refractivity contribution >= 4 is 54.6 Å². The first-order valence-corrected chi connectivity index (χ1v) is 12.5. The minimum absolute atomic E-state index is 0.208. The first kappa shape index (κ1) is 22.7. The molecule has 0 fully saturated rings. The lowest BCUT2D eigenvalue weighted by Crippen LogP contribution is -2.32. The van der Waals surface area contributed by atoms with E-state index >= 15 is 0 Å². The van der Waals surface area contributed by atoms with E-state index in [2.05, 4.69) is 14.1 Å². The van der Waals surface area contributed by atoms with Crippen LogP contribution in [0.2, 0.25) is 0 Å². The Hall–Kier alpha value is -3.04. The third-order valence-corrected chi connectivity index (χ3v) is 7.61. The number of fused-ring (bicyclic) bond motifs is 2. The van der Waals surface area contributed by atoms with Gasteiger partial charge in [0.25, 0.3) is 0 Å². The minimum Gasteiger partial charge on any atom is -0.398 e. The fourth-order valence-corrected chi connectivity index (χ4v) is 5.69. The maximum Gasteiger partial charge on any atom is 0.106 e. The number of hydrogen-bond acceptors (Lipinski definition) is 8. The van der Waals surface area contributed by atoms with Gasteiger partial charge in [-0.15, -0.1) is 0 Å². The number of anilines is 2. The van der Waals surface area contributed by atoms with Gasteiger partial charge in [-0.3, -0.25) is 0 Å². The number of hydrogen-bond donors (Lipinski definition) is 4. The molecule has 1 unspecified atom stereocenters. The largest absolute Gasteiger partial charge is 0.398 e. The maximum atomic E-state index is 11.4. The average molecular weight is 491 g/mol. The third kappa shape index (κ3) is 4.14. The van der Waals surface area contributed by atoms with Gasteiger partial charge in [0.15, 0.2) is 0 Å². The van der Waals surface area contributed by atoms with E-state index in [1.165, 1.54) is 23.1 Å². The van der Waals surface area contributed by atoms with Gasteiger partial charge in [0.05, 0.1) is 20.7 Å². The highest BCUT2D eigenvalue weighted by Crippen LogP contribution is 2.38. The molecule has 0 aliphatic rings. The molecule has 5 rings (SSSR count). The summed E-state index contributed by atoms with van der Waals surface area (Å²) in [4.78, 5) is 0. The van der Waals surface area contributed by atoms with Crippen LogP contribution in [0.3, 0.4) is 0 Å². The zero-order valence-corrected chi connectivity index (χ0v) is 20.8. The van der Waals surface area contributed by atoms with Gasteiger partial charge in [-0.05, 0) is 68.1 Å². The molecule has 1 atom stereocenters.